The molecule has 3 rings (SSSR count). The minimum absolute atomic E-state index is 0.153. The van der Waals surface area contributed by atoms with Crippen LogP contribution in [0.2, 0.25) is 0 Å². The van der Waals surface area contributed by atoms with Gasteiger partial charge in [-0.25, -0.2) is 9.37 Å². The summed E-state index contributed by atoms with van der Waals surface area (Å²) in [5.74, 6) is -0.153. The van der Waals surface area contributed by atoms with Gasteiger partial charge in [0, 0.05) is 33.7 Å². The number of rotatable bonds is 5. The van der Waals surface area contributed by atoms with E-state index in [-0.39, 0.29) is 5.82 Å². The van der Waals surface area contributed by atoms with Crippen molar-refractivity contribution >= 4 is 27.7 Å². The van der Waals surface area contributed by atoms with Crippen molar-refractivity contribution < 1.29 is 4.39 Å². The number of benzene rings is 1. The molecule has 20 heavy (non-hydrogen) atoms. The average Bonchev–Trinajstić information content (AvgIpc) is 3.25. The van der Waals surface area contributed by atoms with Crippen molar-refractivity contribution in [3.63, 3.8) is 0 Å². The zero-order valence-corrected chi connectivity index (χ0v) is 13.2. The first-order valence-corrected chi connectivity index (χ1v) is 8.13. The van der Waals surface area contributed by atoms with Crippen molar-refractivity contribution in [1.29, 1.82) is 0 Å². The Morgan fingerprint density at radius 1 is 1.30 bits per heavy atom. The van der Waals surface area contributed by atoms with Crippen molar-refractivity contribution in [2.75, 3.05) is 0 Å². The highest BCUT2D eigenvalue weighted by Gasteiger charge is 2.21. The smallest absolute Gasteiger partial charge is 0.128 e. The van der Waals surface area contributed by atoms with E-state index in [1.54, 1.807) is 12.3 Å². The number of nitrogens with one attached hydrogen (secondary N) is 1. The highest BCUT2D eigenvalue weighted by molar-refractivity contribution is 9.10. The summed E-state index contributed by atoms with van der Waals surface area (Å²) >= 11 is 4.86. The molecule has 1 aromatic heterocycles. The lowest BCUT2D eigenvalue weighted by atomic mass is 10.2. The van der Waals surface area contributed by atoms with Gasteiger partial charge >= 0.3 is 0 Å². The first-order valence-electron chi connectivity index (χ1n) is 6.52. The van der Waals surface area contributed by atoms with E-state index in [4.69, 9.17) is 0 Å². The highest BCUT2D eigenvalue weighted by Crippen LogP contribution is 2.31. The van der Waals surface area contributed by atoms with Gasteiger partial charge < -0.3 is 5.32 Å². The van der Waals surface area contributed by atoms with E-state index in [0.29, 0.717) is 12.6 Å². The normalized spacial score (nSPS) is 14.5. The summed E-state index contributed by atoms with van der Waals surface area (Å²) in [5.41, 5.74) is 0.731. The van der Waals surface area contributed by atoms with Crippen LogP contribution in [0.25, 0.3) is 0 Å². The SMILES string of the molecule is Fc1cccc(Sc2ccc(Br)cn2)c1CNC1CC1. The summed E-state index contributed by atoms with van der Waals surface area (Å²) in [4.78, 5) is 5.25. The Hall–Kier alpha value is -0.910. The molecular weight excluding hydrogens is 339 g/mol. The predicted molar refractivity (Wildman–Crippen MR) is 82.3 cm³/mol. The average molecular weight is 353 g/mol. The summed E-state index contributed by atoms with van der Waals surface area (Å²) in [6.07, 6.45) is 4.15. The summed E-state index contributed by atoms with van der Waals surface area (Å²) in [6.45, 7) is 0.580. The summed E-state index contributed by atoms with van der Waals surface area (Å²) in [5, 5.41) is 4.23. The number of nitrogens with zero attached hydrogens (tertiary/aromatic N) is 1. The third kappa shape index (κ3) is 3.59. The van der Waals surface area contributed by atoms with E-state index < -0.39 is 0 Å². The lowest BCUT2D eigenvalue weighted by Crippen LogP contribution is -2.16. The monoisotopic (exact) mass is 352 g/mol. The van der Waals surface area contributed by atoms with Crippen LogP contribution < -0.4 is 5.32 Å². The van der Waals surface area contributed by atoms with Crippen LogP contribution in [0.15, 0.2) is 50.9 Å². The molecular formula is C15H14BrFN2S. The van der Waals surface area contributed by atoms with Crippen LogP contribution in [-0.2, 0) is 6.54 Å². The fraction of sp³-hybridized carbons (Fsp3) is 0.267. The number of hydrogen-bond donors (Lipinski definition) is 1. The van der Waals surface area contributed by atoms with E-state index in [9.17, 15) is 4.39 Å². The molecule has 1 fully saturated rings. The van der Waals surface area contributed by atoms with Gasteiger partial charge in [0.1, 0.15) is 10.8 Å². The number of aromatic nitrogens is 1. The van der Waals surface area contributed by atoms with Crippen molar-refractivity contribution in [2.45, 2.75) is 35.3 Å². The second-order valence-electron chi connectivity index (χ2n) is 4.79. The lowest BCUT2D eigenvalue weighted by Gasteiger charge is -2.10. The van der Waals surface area contributed by atoms with Crippen LogP contribution >= 0.6 is 27.7 Å². The Balaban J connectivity index is 1.80. The molecule has 0 aliphatic heterocycles. The zero-order valence-electron chi connectivity index (χ0n) is 10.8. The molecule has 0 radical (unpaired) electrons. The van der Waals surface area contributed by atoms with E-state index in [1.165, 1.54) is 30.7 Å². The number of hydrogen-bond acceptors (Lipinski definition) is 3. The fourth-order valence-electron chi connectivity index (χ4n) is 1.88. The van der Waals surface area contributed by atoms with Crippen LogP contribution in [0.3, 0.4) is 0 Å². The molecule has 0 atom stereocenters. The maximum Gasteiger partial charge on any atom is 0.128 e. The van der Waals surface area contributed by atoms with E-state index in [2.05, 4.69) is 26.2 Å². The van der Waals surface area contributed by atoms with Gasteiger partial charge in [-0.15, -0.1) is 0 Å². The Morgan fingerprint density at radius 3 is 2.85 bits per heavy atom. The Kier molecular flexibility index (Phi) is 4.38. The molecule has 0 amide bonds. The minimum Gasteiger partial charge on any atom is -0.310 e. The Morgan fingerprint density at radius 2 is 2.15 bits per heavy atom. The molecule has 2 aromatic rings. The molecule has 0 spiro atoms. The number of pyridine rings is 1. The lowest BCUT2D eigenvalue weighted by molar-refractivity contribution is 0.579. The molecule has 1 aliphatic carbocycles. The Labute approximate surface area is 130 Å². The quantitative estimate of drug-likeness (QED) is 0.863. The van der Waals surface area contributed by atoms with Gasteiger partial charge in [-0.2, -0.15) is 0 Å². The summed E-state index contributed by atoms with van der Waals surface area (Å²) in [6, 6.07) is 9.65. The zero-order chi connectivity index (χ0) is 13.9. The molecule has 2 nitrogen and oxygen atoms in total. The molecule has 1 aromatic carbocycles. The minimum atomic E-state index is -0.153. The van der Waals surface area contributed by atoms with Crippen LogP contribution in [0.1, 0.15) is 18.4 Å². The standard InChI is InChI=1S/C15H14BrFN2S/c16-10-4-7-15(19-8-10)20-14-3-1-2-13(17)12(14)9-18-11-5-6-11/h1-4,7-8,11,18H,5-6,9H2. The van der Waals surface area contributed by atoms with Gasteiger partial charge in [-0.1, -0.05) is 17.8 Å². The predicted octanol–water partition coefficient (Wildman–Crippen LogP) is 4.39. The first kappa shape index (κ1) is 14.0. The van der Waals surface area contributed by atoms with Crippen LogP contribution in [0, 0.1) is 5.82 Å². The summed E-state index contributed by atoms with van der Waals surface area (Å²) in [7, 11) is 0. The molecule has 0 unspecified atom stereocenters. The molecule has 1 saturated carbocycles. The third-order valence-corrected chi connectivity index (χ3v) is 4.66. The van der Waals surface area contributed by atoms with E-state index in [0.717, 1.165) is 20.0 Å². The van der Waals surface area contributed by atoms with E-state index >= 15 is 0 Å². The largest absolute Gasteiger partial charge is 0.310 e. The maximum absolute atomic E-state index is 14.0. The van der Waals surface area contributed by atoms with E-state index in [1.807, 2.05) is 18.2 Å². The van der Waals surface area contributed by atoms with Gasteiger partial charge in [0.2, 0.25) is 0 Å². The van der Waals surface area contributed by atoms with Crippen molar-refractivity contribution in [3.05, 3.63) is 52.4 Å². The first-order chi connectivity index (χ1) is 9.72. The molecule has 5 heteroatoms. The molecule has 0 saturated heterocycles. The topological polar surface area (TPSA) is 24.9 Å². The second-order valence-corrected chi connectivity index (χ2v) is 6.77. The highest BCUT2D eigenvalue weighted by atomic mass is 79.9. The van der Waals surface area contributed by atoms with Crippen LogP contribution in [-0.4, -0.2) is 11.0 Å². The maximum atomic E-state index is 14.0. The fourth-order valence-corrected chi connectivity index (χ4v) is 3.02. The second kappa shape index (κ2) is 6.24. The number of halogens is 2. The molecule has 1 N–H and O–H groups in total. The summed E-state index contributed by atoms with van der Waals surface area (Å²) < 4.78 is 14.9. The van der Waals surface area contributed by atoms with Crippen molar-refractivity contribution in [1.82, 2.24) is 10.3 Å². The molecule has 104 valence electrons. The molecule has 1 heterocycles. The van der Waals surface area contributed by atoms with Crippen molar-refractivity contribution in [3.8, 4) is 0 Å². The van der Waals surface area contributed by atoms with Crippen LogP contribution in [0.5, 0.6) is 0 Å². The van der Waals surface area contributed by atoms with Gasteiger partial charge in [0.25, 0.3) is 0 Å². The molecule has 0 bridgehead atoms. The van der Waals surface area contributed by atoms with Crippen molar-refractivity contribution in [2.24, 2.45) is 0 Å². The van der Waals surface area contributed by atoms with Gasteiger partial charge in [-0.05, 0) is 53.0 Å². The third-order valence-electron chi connectivity index (χ3n) is 3.14. The van der Waals surface area contributed by atoms with Gasteiger partial charge in [0.15, 0.2) is 0 Å². The molecule has 1 aliphatic rings. The Bertz CT molecular complexity index is 599. The van der Waals surface area contributed by atoms with Crippen LogP contribution in [0.4, 0.5) is 4.39 Å². The van der Waals surface area contributed by atoms with Gasteiger partial charge in [-0.3, -0.25) is 0 Å². The van der Waals surface area contributed by atoms with Gasteiger partial charge in [0.05, 0.1) is 0 Å².